The maximum Gasteiger partial charge on any atom is 0.472 e. The molecule has 0 aromatic carbocycles. The summed E-state index contributed by atoms with van der Waals surface area (Å²) in [5.41, 5.74) is 0. The van der Waals surface area contributed by atoms with Crippen LogP contribution in [0.15, 0.2) is 72.9 Å². The van der Waals surface area contributed by atoms with E-state index in [2.05, 4.69) is 26.0 Å². The van der Waals surface area contributed by atoms with Gasteiger partial charge in [0.2, 0.25) is 0 Å². The molecule has 13 nitrogen and oxygen atoms in total. The predicted octanol–water partition coefficient (Wildman–Crippen LogP) is 7.94. The highest BCUT2D eigenvalue weighted by molar-refractivity contribution is 7.47. The van der Waals surface area contributed by atoms with Crippen LogP contribution in [0, 0.1) is 0 Å². The van der Waals surface area contributed by atoms with Gasteiger partial charge in [-0.3, -0.25) is 13.8 Å². The number of rotatable bonds is 34. The van der Waals surface area contributed by atoms with E-state index < -0.39 is 75.7 Å². The number of esters is 2. The van der Waals surface area contributed by atoms with Crippen LogP contribution in [-0.2, 0) is 32.7 Å². The average Bonchev–Trinajstić information content (AvgIpc) is 3.21. The van der Waals surface area contributed by atoms with Gasteiger partial charge in [-0.2, -0.15) is 0 Å². The Morgan fingerprint density at radius 3 is 1.58 bits per heavy atom. The molecule has 1 rings (SSSR count). The fourth-order valence-electron chi connectivity index (χ4n) is 6.21. The van der Waals surface area contributed by atoms with Crippen LogP contribution in [0.1, 0.15) is 142 Å². The van der Waals surface area contributed by atoms with Crippen molar-refractivity contribution in [2.24, 2.45) is 0 Å². The van der Waals surface area contributed by atoms with Crippen LogP contribution in [0.4, 0.5) is 0 Å². The fraction of sp³-hybridized carbons (Fsp3) is 0.689. The summed E-state index contributed by atoms with van der Waals surface area (Å²) in [6.07, 6.45) is 30.2. The molecule has 0 aromatic heterocycles. The molecule has 0 aliphatic heterocycles. The Morgan fingerprint density at radius 1 is 0.576 bits per heavy atom. The summed E-state index contributed by atoms with van der Waals surface area (Å²) in [5, 5.41) is 50.0. The van der Waals surface area contributed by atoms with E-state index in [9.17, 15) is 44.6 Å². The number of carbonyl (C=O) groups excluding carboxylic acids is 2. The molecule has 8 atom stereocenters. The van der Waals surface area contributed by atoms with Crippen LogP contribution in [0.2, 0.25) is 0 Å². The number of hydrogen-bond acceptors (Lipinski definition) is 12. The van der Waals surface area contributed by atoms with Crippen LogP contribution in [0.5, 0.6) is 0 Å². The topological polar surface area (TPSA) is 210 Å². The third kappa shape index (κ3) is 27.7. The van der Waals surface area contributed by atoms with Gasteiger partial charge in [0, 0.05) is 12.5 Å². The Bertz CT molecular complexity index is 1310. The highest BCUT2D eigenvalue weighted by atomic mass is 31.2. The zero-order chi connectivity index (χ0) is 43.6. The molecule has 1 aliphatic carbocycles. The lowest BCUT2D eigenvalue weighted by Crippen LogP contribution is -2.64. The zero-order valence-electron chi connectivity index (χ0n) is 35.5. The van der Waals surface area contributed by atoms with Crippen LogP contribution in [0.25, 0.3) is 0 Å². The highest BCUT2D eigenvalue weighted by Gasteiger charge is 2.51. The van der Waals surface area contributed by atoms with Gasteiger partial charge in [0.15, 0.2) is 6.10 Å². The van der Waals surface area contributed by atoms with Crippen molar-refractivity contribution in [3.63, 3.8) is 0 Å². The molecular formula is C45H75O13P. The lowest BCUT2D eigenvalue weighted by molar-refractivity contribution is -0.220. The SMILES string of the molecule is CC/C=C/C=C/C=C/C=C/CCCCCCCC(=O)O[C@H](COC(=O)/C=C/C=C/CCCCCCCCCCCCC)COP(=O)(O)OC1C(O)C(O)C(O)[C@@H](O)C1O. The first-order chi connectivity index (χ1) is 28.4. The van der Waals surface area contributed by atoms with Crippen molar-refractivity contribution in [3.05, 3.63) is 72.9 Å². The summed E-state index contributed by atoms with van der Waals surface area (Å²) in [7, 11) is -5.15. The van der Waals surface area contributed by atoms with Gasteiger partial charge in [0.1, 0.15) is 43.2 Å². The first-order valence-electron chi connectivity index (χ1n) is 21.8. The quantitative estimate of drug-likeness (QED) is 0.0120. The maximum absolute atomic E-state index is 12.8. The maximum atomic E-state index is 12.8. The molecule has 0 aromatic rings. The minimum atomic E-state index is -5.15. The second-order valence-electron chi connectivity index (χ2n) is 15.0. The minimum absolute atomic E-state index is 0.0474. The molecule has 14 heteroatoms. The first-order valence-corrected chi connectivity index (χ1v) is 23.3. The van der Waals surface area contributed by atoms with Gasteiger partial charge in [-0.25, -0.2) is 9.36 Å². The van der Waals surface area contributed by atoms with E-state index in [1.165, 1.54) is 69.9 Å². The molecule has 1 saturated carbocycles. The van der Waals surface area contributed by atoms with E-state index >= 15 is 0 Å². The van der Waals surface area contributed by atoms with Gasteiger partial charge in [-0.05, 0) is 38.5 Å². The van der Waals surface area contributed by atoms with E-state index in [-0.39, 0.29) is 6.42 Å². The summed E-state index contributed by atoms with van der Waals surface area (Å²) in [6, 6.07) is 0. The summed E-state index contributed by atoms with van der Waals surface area (Å²) in [4.78, 5) is 35.5. The van der Waals surface area contributed by atoms with Gasteiger partial charge in [0.25, 0.3) is 0 Å². The fourth-order valence-corrected chi connectivity index (χ4v) is 7.18. The second kappa shape index (κ2) is 34.9. The highest BCUT2D eigenvalue weighted by Crippen LogP contribution is 2.47. The average molecular weight is 855 g/mol. The van der Waals surface area contributed by atoms with Crippen LogP contribution in [0.3, 0.4) is 0 Å². The second-order valence-corrected chi connectivity index (χ2v) is 16.4. The van der Waals surface area contributed by atoms with Gasteiger partial charge in [-0.1, -0.05) is 164 Å². The van der Waals surface area contributed by atoms with Gasteiger partial charge < -0.3 is 39.9 Å². The number of aliphatic hydroxyl groups excluding tert-OH is 5. The number of aliphatic hydroxyl groups is 5. The lowest BCUT2D eigenvalue weighted by atomic mass is 9.85. The first kappa shape index (κ1) is 54.3. The Balaban J connectivity index is 2.56. The largest absolute Gasteiger partial charge is 0.472 e. The van der Waals surface area contributed by atoms with E-state index in [1.807, 2.05) is 42.5 Å². The van der Waals surface area contributed by atoms with Crippen molar-refractivity contribution in [2.75, 3.05) is 13.2 Å². The molecule has 0 heterocycles. The Hall–Kier alpha value is -2.71. The molecule has 6 unspecified atom stereocenters. The number of unbranched alkanes of at least 4 members (excludes halogenated alkanes) is 16. The van der Waals surface area contributed by atoms with E-state index in [1.54, 1.807) is 6.08 Å². The van der Waals surface area contributed by atoms with Gasteiger partial charge >= 0.3 is 19.8 Å². The zero-order valence-corrected chi connectivity index (χ0v) is 36.4. The van der Waals surface area contributed by atoms with Crippen LogP contribution in [-0.4, -0.2) is 98.3 Å². The van der Waals surface area contributed by atoms with Crippen molar-refractivity contribution in [1.29, 1.82) is 0 Å². The molecule has 1 aliphatic rings. The van der Waals surface area contributed by atoms with Crippen LogP contribution >= 0.6 is 7.82 Å². The van der Waals surface area contributed by atoms with Crippen molar-refractivity contribution in [1.82, 2.24) is 0 Å². The van der Waals surface area contributed by atoms with Crippen LogP contribution < -0.4 is 0 Å². The van der Waals surface area contributed by atoms with Crippen molar-refractivity contribution < 1.29 is 63.1 Å². The molecule has 0 amide bonds. The minimum Gasteiger partial charge on any atom is -0.458 e. The third-order valence-electron chi connectivity index (χ3n) is 9.73. The van der Waals surface area contributed by atoms with E-state index in [0.29, 0.717) is 6.42 Å². The Morgan fingerprint density at radius 2 is 1.03 bits per heavy atom. The monoisotopic (exact) mass is 854 g/mol. The Kier molecular flexibility index (Phi) is 32.2. The number of phosphoric acid groups is 1. The standard InChI is InChI=1S/C45H75O13P/c1-3-5-7-9-11-13-15-17-19-21-23-25-27-29-31-33-38(46)55-35-37(36-56-59(53,54)58-45-43(51)41(49)40(48)42(50)44(45)52)57-39(47)34-32-30-28-26-24-22-20-18-16-14-12-10-8-6-4-2/h6,8,10,12,14,16,18,20,27,29,31,33,37,40-45,48-52H,3-5,7,9,11,13,15,17,19,21-26,28,30,32,34-36H2,1-2H3,(H,53,54)/b8-6+,12-10+,16-14+,20-18+,29-27+,33-31+/t37-,40?,41-,42?,43?,44?,45?/m1/s1. The molecule has 1 fully saturated rings. The summed E-state index contributed by atoms with van der Waals surface area (Å²) < 4.78 is 33.2. The van der Waals surface area contributed by atoms with Crippen molar-refractivity contribution in [2.45, 2.75) is 185 Å². The molecule has 59 heavy (non-hydrogen) atoms. The molecule has 338 valence electrons. The van der Waals surface area contributed by atoms with E-state index in [4.69, 9.17) is 18.5 Å². The number of phosphoric ester groups is 1. The third-order valence-corrected chi connectivity index (χ3v) is 10.7. The molecule has 0 spiro atoms. The predicted molar refractivity (Wildman–Crippen MR) is 230 cm³/mol. The molecule has 0 radical (unpaired) electrons. The Labute approximate surface area is 353 Å². The smallest absolute Gasteiger partial charge is 0.458 e. The normalized spacial score (nSPS) is 23.1. The van der Waals surface area contributed by atoms with E-state index in [0.717, 1.165) is 57.8 Å². The molecule has 0 saturated heterocycles. The lowest BCUT2D eigenvalue weighted by Gasteiger charge is -2.41. The molecule has 6 N–H and O–H groups in total. The summed E-state index contributed by atoms with van der Waals surface area (Å²) >= 11 is 0. The summed E-state index contributed by atoms with van der Waals surface area (Å²) in [6.45, 7) is 3.01. The molecule has 0 bridgehead atoms. The van der Waals surface area contributed by atoms with Gasteiger partial charge in [-0.15, -0.1) is 0 Å². The number of ether oxygens (including phenoxy) is 2. The summed E-state index contributed by atoms with van der Waals surface area (Å²) in [5.74, 6) is -1.39. The van der Waals surface area contributed by atoms with Gasteiger partial charge in [0.05, 0.1) is 6.61 Å². The number of carbonyl (C=O) groups is 2. The number of allylic oxidation sites excluding steroid dienone is 11. The molecular weight excluding hydrogens is 779 g/mol. The number of hydrogen-bond donors (Lipinski definition) is 6. The van der Waals surface area contributed by atoms with Crippen molar-refractivity contribution >= 4 is 19.8 Å². The van der Waals surface area contributed by atoms with Crippen molar-refractivity contribution in [3.8, 4) is 0 Å².